The molecule has 0 radical (unpaired) electrons. The molecule has 1 aliphatic carbocycles. The molecule has 0 bridgehead atoms. The zero-order valence-corrected chi connectivity index (χ0v) is 19.9. The van der Waals surface area contributed by atoms with Crippen molar-refractivity contribution < 1.29 is 14.6 Å². The van der Waals surface area contributed by atoms with E-state index in [9.17, 15) is 9.90 Å². The number of amides is 1. The number of rotatable bonds is 6. The van der Waals surface area contributed by atoms with Crippen LogP contribution in [0.15, 0.2) is 42.6 Å². The topological polar surface area (TPSA) is 70.8 Å². The summed E-state index contributed by atoms with van der Waals surface area (Å²) >= 11 is 0. The highest BCUT2D eigenvalue weighted by Crippen LogP contribution is 2.50. The normalized spacial score (nSPS) is 21.5. The van der Waals surface area contributed by atoms with Gasteiger partial charge in [0.1, 0.15) is 5.75 Å². The van der Waals surface area contributed by atoms with E-state index in [1.807, 2.05) is 36.2 Å². The number of hydrogen-bond acceptors (Lipinski definition) is 5. The number of likely N-dealkylation sites (tertiary alicyclic amines) is 1. The number of nitrogens with zero attached hydrogens (tertiary/aromatic N) is 4. The number of ether oxygens (including phenoxy) is 1. The van der Waals surface area contributed by atoms with Gasteiger partial charge in [-0.1, -0.05) is 6.07 Å². The van der Waals surface area contributed by atoms with E-state index in [-0.39, 0.29) is 30.4 Å². The molecule has 2 fully saturated rings. The van der Waals surface area contributed by atoms with Crippen LogP contribution in [-0.2, 0) is 23.7 Å². The molecule has 3 aromatic rings. The molecule has 1 aromatic carbocycles. The monoisotopic (exact) mass is 460 g/mol. The summed E-state index contributed by atoms with van der Waals surface area (Å²) in [6.07, 6.45) is 4.64. The number of aryl methyl sites for hydroxylation is 1. The van der Waals surface area contributed by atoms with Gasteiger partial charge in [0, 0.05) is 67.7 Å². The average molecular weight is 461 g/mol. The van der Waals surface area contributed by atoms with Crippen LogP contribution in [-0.4, -0.2) is 70.3 Å². The van der Waals surface area contributed by atoms with Gasteiger partial charge >= 0.3 is 0 Å². The number of aromatic nitrogens is 2. The third-order valence-corrected chi connectivity index (χ3v) is 7.97. The Balaban J connectivity index is 1.43. The highest BCUT2D eigenvalue weighted by molar-refractivity contribution is 5.90. The molecule has 2 aromatic heterocycles. The van der Waals surface area contributed by atoms with Crippen LogP contribution in [0.5, 0.6) is 5.75 Å². The van der Waals surface area contributed by atoms with Crippen molar-refractivity contribution in [2.24, 2.45) is 13.0 Å². The Bertz CT molecular complexity index is 1230. The average Bonchev–Trinajstić information content (AvgIpc) is 3.61. The Morgan fingerprint density at radius 1 is 1.21 bits per heavy atom. The minimum Gasteiger partial charge on any atom is -0.497 e. The van der Waals surface area contributed by atoms with Crippen LogP contribution in [0.4, 0.5) is 0 Å². The minimum absolute atomic E-state index is 0.0197. The molecule has 1 N–H and O–H groups in total. The second-order valence-electron chi connectivity index (χ2n) is 10.3. The summed E-state index contributed by atoms with van der Waals surface area (Å²) in [4.78, 5) is 22.4. The van der Waals surface area contributed by atoms with Crippen molar-refractivity contribution in [3.05, 3.63) is 59.5 Å². The highest BCUT2D eigenvalue weighted by Gasteiger charge is 2.54. The Labute approximate surface area is 199 Å². The van der Waals surface area contributed by atoms with Gasteiger partial charge in [-0.2, -0.15) is 0 Å². The van der Waals surface area contributed by atoms with Crippen LogP contribution in [0.2, 0.25) is 0 Å². The third kappa shape index (κ3) is 3.41. The lowest BCUT2D eigenvalue weighted by Crippen LogP contribution is -2.67. The fourth-order valence-corrected chi connectivity index (χ4v) is 6.24. The maximum atomic E-state index is 13.6. The number of aliphatic hydroxyl groups excluding tert-OH is 1. The van der Waals surface area contributed by atoms with E-state index in [2.05, 4.69) is 26.6 Å². The van der Waals surface area contributed by atoms with E-state index >= 15 is 0 Å². The van der Waals surface area contributed by atoms with Gasteiger partial charge in [-0.25, -0.2) is 0 Å². The molecule has 1 spiro atoms. The van der Waals surface area contributed by atoms with Gasteiger partial charge in [0.05, 0.1) is 31.7 Å². The maximum absolute atomic E-state index is 13.6. The molecule has 6 rings (SSSR count). The van der Waals surface area contributed by atoms with Crippen molar-refractivity contribution in [2.45, 2.75) is 30.7 Å². The van der Waals surface area contributed by atoms with E-state index in [1.165, 1.54) is 23.8 Å². The standard InChI is InChI=1S/C27H32N4O3/c1-29-22-12-20(34-2)8-9-21(22)25-26(29)23(14-32)31(24(33)11-19-5-3-4-10-28-19)17-27(25)15-30(16-27)13-18-6-7-18/h3-5,8-10,12,18,23,32H,6-7,11,13-17H2,1-2H3/t23-/m0/s1. The number of carbonyl (C=O) groups is 1. The van der Waals surface area contributed by atoms with E-state index in [4.69, 9.17) is 4.74 Å². The van der Waals surface area contributed by atoms with E-state index in [0.29, 0.717) is 6.54 Å². The molecule has 1 saturated heterocycles. The Morgan fingerprint density at radius 3 is 2.71 bits per heavy atom. The predicted octanol–water partition coefficient (Wildman–Crippen LogP) is 2.66. The van der Waals surface area contributed by atoms with Gasteiger partial charge < -0.3 is 24.2 Å². The molecular formula is C27H32N4O3. The van der Waals surface area contributed by atoms with E-state index in [1.54, 1.807) is 13.3 Å². The number of methoxy groups -OCH3 is 1. The van der Waals surface area contributed by atoms with Crippen LogP contribution in [0.3, 0.4) is 0 Å². The first-order valence-corrected chi connectivity index (χ1v) is 12.2. The number of aliphatic hydroxyl groups is 1. The number of hydrogen-bond donors (Lipinski definition) is 1. The lowest BCUT2D eigenvalue weighted by molar-refractivity contribution is -0.138. The number of pyridine rings is 1. The first-order valence-electron chi connectivity index (χ1n) is 12.2. The summed E-state index contributed by atoms with van der Waals surface area (Å²) < 4.78 is 7.67. The number of fused-ring (bicyclic) bond motifs is 4. The first-order chi connectivity index (χ1) is 16.5. The largest absolute Gasteiger partial charge is 0.497 e. The summed E-state index contributed by atoms with van der Waals surface area (Å²) in [5.41, 5.74) is 4.08. The van der Waals surface area contributed by atoms with Gasteiger partial charge in [-0.3, -0.25) is 9.78 Å². The summed E-state index contributed by atoms with van der Waals surface area (Å²) in [5.74, 6) is 1.67. The fourth-order valence-electron chi connectivity index (χ4n) is 6.24. The molecule has 7 heteroatoms. The van der Waals surface area contributed by atoms with Crippen LogP contribution >= 0.6 is 0 Å². The Hall–Kier alpha value is -2.90. The van der Waals surface area contributed by atoms with Crippen LogP contribution in [0.1, 0.15) is 35.8 Å². The van der Waals surface area contributed by atoms with Crippen molar-refractivity contribution >= 4 is 16.8 Å². The molecule has 4 heterocycles. The lowest BCUT2D eigenvalue weighted by atomic mass is 9.68. The Morgan fingerprint density at radius 2 is 2.03 bits per heavy atom. The first kappa shape index (κ1) is 21.6. The smallest absolute Gasteiger partial charge is 0.229 e. The molecule has 7 nitrogen and oxygen atoms in total. The highest BCUT2D eigenvalue weighted by atomic mass is 16.5. The van der Waals surface area contributed by atoms with Crippen molar-refractivity contribution in [2.75, 3.05) is 39.9 Å². The number of carbonyl (C=O) groups excluding carboxylic acids is 1. The van der Waals surface area contributed by atoms with Gasteiger partial charge in [0.15, 0.2) is 0 Å². The van der Waals surface area contributed by atoms with Gasteiger partial charge in [0.25, 0.3) is 0 Å². The van der Waals surface area contributed by atoms with Crippen LogP contribution < -0.4 is 4.74 Å². The second-order valence-corrected chi connectivity index (χ2v) is 10.3. The minimum atomic E-state index is -0.377. The van der Waals surface area contributed by atoms with Gasteiger partial charge in [0.2, 0.25) is 5.91 Å². The summed E-state index contributed by atoms with van der Waals surface area (Å²) in [6, 6.07) is 11.5. The molecule has 1 atom stereocenters. The molecule has 3 aliphatic rings. The molecule has 1 saturated carbocycles. The van der Waals surface area contributed by atoms with Crippen LogP contribution in [0, 0.1) is 5.92 Å². The zero-order valence-electron chi connectivity index (χ0n) is 19.9. The van der Waals surface area contributed by atoms with Crippen molar-refractivity contribution in [3.63, 3.8) is 0 Å². The Kier molecular flexibility index (Phi) is 5.15. The molecule has 34 heavy (non-hydrogen) atoms. The van der Waals surface area contributed by atoms with Crippen LogP contribution in [0.25, 0.3) is 10.9 Å². The zero-order chi connectivity index (χ0) is 23.4. The quantitative estimate of drug-likeness (QED) is 0.613. The summed E-state index contributed by atoms with van der Waals surface area (Å²) in [5, 5.41) is 11.8. The van der Waals surface area contributed by atoms with E-state index < -0.39 is 0 Å². The molecule has 1 amide bonds. The SMILES string of the molecule is COc1ccc2c3c(n(C)c2c1)[C@H](CO)N(C(=O)Cc1ccccn1)CC31CN(CC2CC2)C1. The van der Waals surface area contributed by atoms with Gasteiger partial charge in [-0.15, -0.1) is 0 Å². The third-order valence-electron chi connectivity index (χ3n) is 7.97. The van der Waals surface area contributed by atoms with Crippen molar-refractivity contribution in [3.8, 4) is 5.75 Å². The second kappa shape index (κ2) is 8.10. The lowest BCUT2D eigenvalue weighted by Gasteiger charge is -2.56. The predicted molar refractivity (Wildman–Crippen MR) is 130 cm³/mol. The van der Waals surface area contributed by atoms with E-state index in [0.717, 1.165) is 48.2 Å². The van der Waals surface area contributed by atoms with Crippen molar-refractivity contribution in [1.82, 2.24) is 19.4 Å². The maximum Gasteiger partial charge on any atom is 0.229 e. The molecule has 0 unspecified atom stereocenters. The number of benzene rings is 1. The molecular weight excluding hydrogens is 428 g/mol. The summed E-state index contributed by atoms with van der Waals surface area (Å²) in [7, 11) is 3.73. The summed E-state index contributed by atoms with van der Waals surface area (Å²) in [6.45, 7) is 3.58. The fraction of sp³-hybridized carbons (Fsp3) is 0.481. The van der Waals surface area contributed by atoms with Crippen molar-refractivity contribution in [1.29, 1.82) is 0 Å². The molecule has 2 aliphatic heterocycles. The van der Waals surface area contributed by atoms with Gasteiger partial charge in [-0.05, 0) is 48.6 Å². The molecule has 178 valence electrons.